The molecule has 0 fully saturated rings. The van der Waals surface area contributed by atoms with Crippen molar-refractivity contribution in [1.29, 1.82) is 0 Å². The number of hydrogen-bond acceptors (Lipinski definition) is 4. The largest absolute Gasteiger partial charge is 0.441 e. The third-order valence-electron chi connectivity index (χ3n) is 2.50. The Kier molecular flexibility index (Phi) is 2.94. The smallest absolute Gasteiger partial charge is 0.192 e. The topological polar surface area (TPSA) is 38.5 Å². The van der Waals surface area contributed by atoms with Crippen LogP contribution in [0.5, 0.6) is 0 Å². The minimum Gasteiger partial charge on any atom is -0.441 e. The second-order valence-corrected chi connectivity index (χ2v) is 4.01. The maximum Gasteiger partial charge on any atom is 0.192 e. The van der Waals surface area contributed by atoms with Gasteiger partial charge in [-0.2, -0.15) is 0 Å². The van der Waals surface area contributed by atoms with E-state index in [9.17, 15) is 0 Å². The first-order chi connectivity index (χ1) is 7.61. The molecule has 0 aliphatic rings. The average molecular weight is 220 g/mol. The van der Waals surface area contributed by atoms with Gasteiger partial charge in [-0.15, -0.1) is 0 Å². The molecule has 4 nitrogen and oxygen atoms in total. The Bertz CT molecular complexity index is 491. The van der Waals surface area contributed by atoms with Crippen LogP contribution in [0.4, 0.5) is 0 Å². The lowest BCUT2D eigenvalue weighted by Crippen LogP contribution is -2.21. The number of hydrogen-bond donors (Lipinski definition) is 0. The van der Waals surface area contributed by atoms with Gasteiger partial charge in [-0.1, -0.05) is 6.07 Å². The van der Waals surface area contributed by atoms with Crippen molar-refractivity contribution in [2.45, 2.75) is 13.2 Å². The summed E-state index contributed by atoms with van der Waals surface area (Å²) in [6.07, 6.45) is -0.0604. The fourth-order valence-corrected chi connectivity index (χ4v) is 1.86. The molecule has 0 spiro atoms. The number of methoxy groups -OCH3 is 1. The summed E-state index contributed by atoms with van der Waals surface area (Å²) in [4.78, 5) is 6.27. The van der Waals surface area contributed by atoms with Crippen LogP contribution in [-0.2, 0) is 4.74 Å². The van der Waals surface area contributed by atoms with Crippen LogP contribution >= 0.6 is 0 Å². The second kappa shape index (κ2) is 4.23. The average Bonchev–Trinajstić information content (AvgIpc) is 2.57. The lowest BCUT2D eigenvalue weighted by Gasteiger charge is -2.22. The van der Waals surface area contributed by atoms with E-state index in [1.807, 2.05) is 44.1 Å². The number of ether oxygens (including phenoxy) is 1. The van der Waals surface area contributed by atoms with Crippen molar-refractivity contribution in [3.63, 3.8) is 0 Å². The van der Waals surface area contributed by atoms with Crippen molar-refractivity contribution < 1.29 is 9.15 Å². The molecule has 0 aliphatic carbocycles. The highest BCUT2D eigenvalue weighted by molar-refractivity contribution is 5.73. The highest BCUT2D eigenvalue weighted by Gasteiger charge is 2.14. The van der Waals surface area contributed by atoms with E-state index in [1.165, 1.54) is 0 Å². The zero-order valence-corrected chi connectivity index (χ0v) is 10.0. The third kappa shape index (κ3) is 1.94. The molecule has 2 aromatic rings. The zero-order chi connectivity index (χ0) is 11.7. The molecule has 0 amide bonds. The molecule has 0 radical (unpaired) electrons. The van der Waals surface area contributed by atoms with Gasteiger partial charge in [-0.05, 0) is 31.8 Å². The Morgan fingerprint density at radius 1 is 1.38 bits per heavy atom. The Labute approximate surface area is 94.8 Å². The molecule has 2 rings (SSSR count). The van der Waals surface area contributed by atoms with Gasteiger partial charge < -0.3 is 9.15 Å². The fourth-order valence-electron chi connectivity index (χ4n) is 1.86. The van der Waals surface area contributed by atoms with Crippen LogP contribution in [0.2, 0.25) is 0 Å². The predicted molar refractivity (Wildman–Crippen MR) is 62.2 cm³/mol. The molecule has 1 aromatic heterocycles. The number of benzene rings is 1. The number of aromatic nitrogens is 1. The van der Waals surface area contributed by atoms with Crippen LogP contribution in [0.15, 0.2) is 22.6 Å². The van der Waals surface area contributed by atoms with Crippen LogP contribution in [-0.4, -0.2) is 31.1 Å². The van der Waals surface area contributed by atoms with E-state index >= 15 is 0 Å². The van der Waals surface area contributed by atoms with Gasteiger partial charge in [0, 0.05) is 14.0 Å². The van der Waals surface area contributed by atoms with Crippen molar-refractivity contribution in [2.24, 2.45) is 0 Å². The summed E-state index contributed by atoms with van der Waals surface area (Å²) >= 11 is 0. The quantitative estimate of drug-likeness (QED) is 0.744. The van der Waals surface area contributed by atoms with Gasteiger partial charge in [0.15, 0.2) is 11.5 Å². The summed E-state index contributed by atoms with van der Waals surface area (Å²) in [5.74, 6) is 0.686. The van der Waals surface area contributed by atoms with Gasteiger partial charge in [0.25, 0.3) is 0 Å². The molecule has 86 valence electrons. The van der Waals surface area contributed by atoms with E-state index in [2.05, 4.69) is 4.98 Å². The number of aryl methyl sites for hydroxylation is 1. The summed E-state index contributed by atoms with van der Waals surface area (Å²) in [5, 5.41) is 0. The molecular formula is C12H16N2O2. The molecule has 0 saturated heterocycles. The molecule has 1 unspecified atom stereocenters. The predicted octanol–water partition coefficient (Wildman–Crippen LogP) is 2.34. The van der Waals surface area contributed by atoms with Crippen LogP contribution in [0.25, 0.3) is 11.1 Å². The van der Waals surface area contributed by atoms with E-state index in [0.29, 0.717) is 5.89 Å². The first-order valence-corrected chi connectivity index (χ1v) is 5.18. The van der Waals surface area contributed by atoms with Crippen molar-refractivity contribution in [3.8, 4) is 0 Å². The summed E-state index contributed by atoms with van der Waals surface area (Å²) in [6.45, 7) is 1.85. The normalized spacial score (nSPS) is 13.6. The van der Waals surface area contributed by atoms with Gasteiger partial charge in [0.05, 0.1) is 0 Å². The van der Waals surface area contributed by atoms with E-state index in [1.54, 1.807) is 7.11 Å². The van der Waals surface area contributed by atoms with Gasteiger partial charge in [0.1, 0.15) is 11.7 Å². The molecule has 4 heteroatoms. The molecule has 1 aromatic carbocycles. The minimum absolute atomic E-state index is 0.0604. The Balaban J connectivity index is 2.44. The maximum absolute atomic E-state index is 5.50. The van der Waals surface area contributed by atoms with Crippen molar-refractivity contribution in [2.75, 3.05) is 21.2 Å². The first kappa shape index (κ1) is 11.1. The SMILES string of the molecule is COC(c1ccc2nc(C)oc2c1)N(C)C. The fraction of sp³-hybridized carbons (Fsp3) is 0.417. The summed E-state index contributed by atoms with van der Waals surface area (Å²) in [5.41, 5.74) is 2.75. The molecule has 1 atom stereocenters. The summed E-state index contributed by atoms with van der Waals surface area (Å²) in [6, 6.07) is 5.94. The Morgan fingerprint density at radius 3 is 2.75 bits per heavy atom. The Morgan fingerprint density at radius 2 is 2.12 bits per heavy atom. The minimum atomic E-state index is -0.0604. The summed E-state index contributed by atoms with van der Waals surface area (Å²) < 4.78 is 10.9. The number of nitrogens with zero attached hydrogens (tertiary/aromatic N) is 2. The summed E-state index contributed by atoms with van der Waals surface area (Å²) in [7, 11) is 5.65. The van der Waals surface area contributed by atoms with Crippen LogP contribution in [0.1, 0.15) is 17.7 Å². The molecule has 0 bridgehead atoms. The monoisotopic (exact) mass is 220 g/mol. The lowest BCUT2D eigenvalue weighted by molar-refractivity contribution is -0.00535. The third-order valence-corrected chi connectivity index (χ3v) is 2.50. The molecule has 1 heterocycles. The van der Waals surface area contributed by atoms with Gasteiger partial charge in [0.2, 0.25) is 0 Å². The van der Waals surface area contributed by atoms with E-state index < -0.39 is 0 Å². The Hall–Kier alpha value is -1.39. The standard InChI is InChI=1S/C12H16N2O2/c1-8-13-10-6-5-9(7-11(10)16-8)12(15-4)14(2)3/h5-7,12H,1-4H3. The second-order valence-electron chi connectivity index (χ2n) is 4.01. The molecule has 16 heavy (non-hydrogen) atoms. The molecular weight excluding hydrogens is 204 g/mol. The molecule has 0 N–H and O–H groups in total. The van der Waals surface area contributed by atoms with E-state index in [-0.39, 0.29) is 6.23 Å². The van der Waals surface area contributed by atoms with Gasteiger partial charge >= 0.3 is 0 Å². The molecule has 0 aliphatic heterocycles. The highest BCUT2D eigenvalue weighted by atomic mass is 16.5. The van der Waals surface area contributed by atoms with Gasteiger partial charge in [-0.25, -0.2) is 4.98 Å². The van der Waals surface area contributed by atoms with Crippen LogP contribution in [0.3, 0.4) is 0 Å². The number of oxazole rings is 1. The van der Waals surface area contributed by atoms with Crippen LogP contribution < -0.4 is 0 Å². The first-order valence-electron chi connectivity index (χ1n) is 5.18. The van der Waals surface area contributed by atoms with Crippen LogP contribution in [0, 0.1) is 6.92 Å². The van der Waals surface area contributed by atoms with Crippen molar-refractivity contribution >= 4 is 11.1 Å². The van der Waals surface area contributed by atoms with Crippen molar-refractivity contribution in [1.82, 2.24) is 9.88 Å². The van der Waals surface area contributed by atoms with E-state index in [4.69, 9.17) is 9.15 Å². The van der Waals surface area contributed by atoms with Crippen molar-refractivity contribution in [3.05, 3.63) is 29.7 Å². The van der Waals surface area contributed by atoms with Gasteiger partial charge in [-0.3, -0.25) is 4.90 Å². The molecule has 0 saturated carbocycles. The van der Waals surface area contributed by atoms with E-state index in [0.717, 1.165) is 16.7 Å². The zero-order valence-electron chi connectivity index (χ0n) is 10.0. The lowest BCUT2D eigenvalue weighted by atomic mass is 10.1. The maximum atomic E-state index is 5.50. The number of rotatable bonds is 3. The number of fused-ring (bicyclic) bond motifs is 1. The highest BCUT2D eigenvalue weighted by Crippen LogP contribution is 2.23.